The van der Waals surface area contributed by atoms with Crippen molar-refractivity contribution in [3.63, 3.8) is 0 Å². The van der Waals surface area contributed by atoms with Crippen LogP contribution >= 0.6 is 0 Å². The summed E-state index contributed by atoms with van der Waals surface area (Å²) in [6, 6.07) is 11.6. The Hall–Kier alpha value is -3.09. The maximum Gasteiger partial charge on any atom is 0.269 e. The minimum Gasteiger partial charge on any atom is -0.493 e. The molecule has 7 nitrogen and oxygen atoms in total. The second-order valence-electron chi connectivity index (χ2n) is 5.70. The highest BCUT2D eigenvalue weighted by Gasteiger charge is 2.15. The van der Waals surface area contributed by atoms with Crippen LogP contribution in [0.25, 0.3) is 0 Å². The molecule has 0 aliphatic heterocycles. The number of likely N-dealkylation sites (N-methyl/N-ethyl adjacent to an activating group) is 1. The van der Waals surface area contributed by atoms with Gasteiger partial charge in [0.25, 0.3) is 5.69 Å². The number of amides is 1. The Labute approximate surface area is 152 Å². The lowest BCUT2D eigenvalue weighted by molar-refractivity contribution is -0.384. The van der Waals surface area contributed by atoms with Gasteiger partial charge in [-0.15, -0.1) is 0 Å². The van der Waals surface area contributed by atoms with Crippen LogP contribution in [0.3, 0.4) is 0 Å². The zero-order valence-corrected chi connectivity index (χ0v) is 15.1. The van der Waals surface area contributed by atoms with Crippen LogP contribution in [0.4, 0.5) is 5.69 Å². The van der Waals surface area contributed by atoms with Crippen LogP contribution in [-0.4, -0.2) is 36.5 Å². The largest absolute Gasteiger partial charge is 0.493 e. The minimum absolute atomic E-state index is 0.0128. The number of nitrogens with zero attached hydrogens (tertiary/aromatic N) is 2. The molecular formula is C19H22N2O5. The summed E-state index contributed by atoms with van der Waals surface area (Å²) in [5.74, 6) is 1.21. The molecule has 138 valence electrons. The van der Waals surface area contributed by atoms with Crippen LogP contribution in [0.5, 0.6) is 11.5 Å². The molecule has 2 aromatic rings. The summed E-state index contributed by atoms with van der Waals surface area (Å²) >= 11 is 0. The lowest BCUT2D eigenvalue weighted by Crippen LogP contribution is -2.31. The molecule has 0 unspecified atom stereocenters. The number of benzene rings is 2. The molecule has 1 amide bonds. The molecule has 2 aromatic carbocycles. The summed E-state index contributed by atoms with van der Waals surface area (Å²) in [7, 11) is 3.14. The fourth-order valence-electron chi connectivity index (χ4n) is 2.60. The average molecular weight is 358 g/mol. The van der Waals surface area contributed by atoms with Gasteiger partial charge in [0, 0.05) is 25.2 Å². The van der Waals surface area contributed by atoms with E-state index in [2.05, 4.69) is 0 Å². The molecule has 7 heteroatoms. The van der Waals surface area contributed by atoms with Crippen LogP contribution in [0.1, 0.15) is 18.1 Å². The zero-order valence-electron chi connectivity index (χ0n) is 15.1. The van der Waals surface area contributed by atoms with Gasteiger partial charge in [0.15, 0.2) is 11.5 Å². The van der Waals surface area contributed by atoms with Crippen molar-refractivity contribution in [1.82, 2.24) is 4.90 Å². The maximum absolute atomic E-state index is 12.6. The topological polar surface area (TPSA) is 81.9 Å². The van der Waals surface area contributed by atoms with Crippen LogP contribution in [0.2, 0.25) is 0 Å². The molecule has 0 aromatic heterocycles. The third kappa shape index (κ3) is 4.72. The normalized spacial score (nSPS) is 10.3. The number of ether oxygens (including phenoxy) is 2. The number of hydrogen-bond acceptors (Lipinski definition) is 5. The molecule has 0 saturated heterocycles. The van der Waals surface area contributed by atoms with E-state index >= 15 is 0 Å². The van der Waals surface area contributed by atoms with Crippen LogP contribution < -0.4 is 9.47 Å². The van der Waals surface area contributed by atoms with Gasteiger partial charge in [0.1, 0.15) is 0 Å². The van der Waals surface area contributed by atoms with Crippen molar-refractivity contribution in [1.29, 1.82) is 0 Å². The van der Waals surface area contributed by atoms with Crippen molar-refractivity contribution in [2.24, 2.45) is 0 Å². The Kier molecular flexibility index (Phi) is 6.54. The van der Waals surface area contributed by atoms with Gasteiger partial charge in [0.2, 0.25) is 5.91 Å². The number of carbonyl (C=O) groups is 1. The van der Waals surface area contributed by atoms with Crippen LogP contribution in [0.15, 0.2) is 42.5 Å². The Bertz CT molecular complexity index is 774. The molecule has 0 aliphatic carbocycles. The van der Waals surface area contributed by atoms with E-state index in [0.29, 0.717) is 24.6 Å². The Morgan fingerprint density at radius 3 is 2.19 bits per heavy atom. The molecule has 0 fully saturated rings. The van der Waals surface area contributed by atoms with E-state index in [9.17, 15) is 14.9 Å². The first-order valence-corrected chi connectivity index (χ1v) is 8.20. The molecule has 0 radical (unpaired) electrons. The van der Waals surface area contributed by atoms with E-state index in [0.717, 1.165) is 11.1 Å². The number of nitro benzene ring substituents is 1. The van der Waals surface area contributed by atoms with E-state index in [1.54, 1.807) is 31.3 Å². The second kappa shape index (κ2) is 8.84. The molecule has 0 spiro atoms. The highest BCUT2D eigenvalue weighted by Crippen LogP contribution is 2.28. The second-order valence-corrected chi connectivity index (χ2v) is 5.70. The van der Waals surface area contributed by atoms with Crippen molar-refractivity contribution in [3.8, 4) is 11.5 Å². The number of nitro groups is 1. The monoisotopic (exact) mass is 358 g/mol. The van der Waals surface area contributed by atoms with Gasteiger partial charge in [-0.1, -0.05) is 18.2 Å². The molecule has 0 atom stereocenters. The van der Waals surface area contributed by atoms with E-state index in [1.807, 2.05) is 25.1 Å². The first kappa shape index (κ1) is 19.2. The zero-order chi connectivity index (χ0) is 19.1. The summed E-state index contributed by atoms with van der Waals surface area (Å²) in [5, 5.41) is 10.7. The minimum atomic E-state index is -0.457. The summed E-state index contributed by atoms with van der Waals surface area (Å²) in [5.41, 5.74) is 1.69. The van der Waals surface area contributed by atoms with Crippen molar-refractivity contribution < 1.29 is 19.2 Å². The van der Waals surface area contributed by atoms with E-state index in [1.165, 1.54) is 12.1 Å². The van der Waals surface area contributed by atoms with Gasteiger partial charge in [-0.05, 0) is 30.2 Å². The molecule has 0 bridgehead atoms. The standard InChI is InChI=1S/C19H22N2O5/c1-4-20(13-15-7-10-17(25-2)18(11-15)26-3)19(22)12-14-5-8-16(9-6-14)21(23)24/h5-11H,4,12-13H2,1-3H3. The maximum atomic E-state index is 12.6. The summed E-state index contributed by atoms with van der Waals surface area (Å²) in [6.07, 6.45) is 0.194. The first-order valence-electron chi connectivity index (χ1n) is 8.20. The highest BCUT2D eigenvalue weighted by atomic mass is 16.6. The number of non-ortho nitro benzene ring substituents is 1. The summed E-state index contributed by atoms with van der Waals surface area (Å²) < 4.78 is 10.5. The molecular weight excluding hydrogens is 336 g/mol. The van der Waals surface area contributed by atoms with Crippen molar-refractivity contribution in [3.05, 3.63) is 63.7 Å². The quantitative estimate of drug-likeness (QED) is 0.535. The first-order chi connectivity index (χ1) is 12.5. The van der Waals surface area contributed by atoms with Gasteiger partial charge in [-0.25, -0.2) is 0 Å². The number of methoxy groups -OCH3 is 2. The third-order valence-electron chi connectivity index (χ3n) is 4.06. The van der Waals surface area contributed by atoms with Gasteiger partial charge in [0.05, 0.1) is 25.6 Å². The van der Waals surface area contributed by atoms with Crippen LogP contribution in [0, 0.1) is 10.1 Å². The van der Waals surface area contributed by atoms with Gasteiger partial charge in [-0.3, -0.25) is 14.9 Å². The predicted molar refractivity (Wildman–Crippen MR) is 97.4 cm³/mol. The Balaban J connectivity index is 2.07. The van der Waals surface area contributed by atoms with E-state index in [4.69, 9.17) is 9.47 Å². The van der Waals surface area contributed by atoms with E-state index in [-0.39, 0.29) is 18.0 Å². The van der Waals surface area contributed by atoms with Crippen molar-refractivity contribution in [2.75, 3.05) is 20.8 Å². The Morgan fingerprint density at radius 1 is 1.04 bits per heavy atom. The molecule has 0 N–H and O–H groups in total. The van der Waals surface area contributed by atoms with Crippen LogP contribution in [-0.2, 0) is 17.8 Å². The molecule has 0 heterocycles. The van der Waals surface area contributed by atoms with Crippen molar-refractivity contribution >= 4 is 11.6 Å². The summed E-state index contributed by atoms with van der Waals surface area (Å²) in [6.45, 7) is 2.91. The number of rotatable bonds is 8. The fraction of sp³-hybridized carbons (Fsp3) is 0.316. The lowest BCUT2D eigenvalue weighted by atomic mass is 10.1. The SMILES string of the molecule is CCN(Cc1ccc(OC)c(OC)c1)C(=O)Cc1ccc([N+](=O)[O-])cc1. The van der Waals surface area contributed by atoms with Gasteiger partial charge < -0.3 is 14.4 Å². The molecule has 0 aliphatic rings. The molecule has 2 rings (SSSR count). The predicted octanol–water partition coefficient (Wildman–Crippen LogP) is 3.20. The van der Waals surface area contributed by atoms with Gasteiger partial charge in [-0.2, -0.15) is 0 Å². The smallest absolute Gasteiger partial charge is 0.269 e. The van der Waals surface area contributed by atoms with Crippen molar-refractivity contribution in [2.45, 2.75) is 19.9 Å². The third-order valence-corrected chi connectivity index (χ3v) is 4.06. The van der Waals surface area contributed by atoms with Gasteiger partial charge >= 0.3 is 0 Å². The van der Waals surface area contributed by atoms with E-state index < -0.39 is 4.92 Å². The molecule has 26 heavy (non-hydrogen) atoms. The highest BCUT2D eigenvalue weighted by molar-refractivity contribution is 5.78. The number of carbonyl (C=O) groups excluding carboxylic acids is 1. The molecule has 0 saturated carbocycles. The average Bonchev–Trinajstić information content (AvgIpc) is 2.66. The fourth-order valence-corrected chi connectivity index (χ4v) is 2.60. The lowest BCUT2D eigenvalue weighted by Gasteiger charge is -2.21. The summed E-state index contributed by atoms with van der Waals surface area (Å²) in [4.78, 5) is 24.5. The Morgan fingerprint density at radius 2 is 1.65 bits per heavy atom. The number of hydrogen-bond donors (Lipinski definition) is 0.